The van der Waals surface area contributed by atoms with Crippen LogP contribution in [0.2, 0.25) is 0 Å². The van der Waals surface area contributed by atoms with Gasteiger partial charge in [-0.25, -0.2) is 0 Å². The average molecular weight is 376 g/mol. The molecule has 0 fully saturated rings. The van der Waals surface area contributed by atoms with Gasteiger partial charge < -0.3 is 14.8 Å². The number of anilines is 1. The van der Waals surface area contributed by atoms with Gasteiger partial charge in [0.1, 0.15) is 11.5 Å². The summed E-state index contributed by atoms with van der Waals surface area (Å²) in [5, 5.41) is 2.84. The lowest BCUT2D eigenvalue weighted by atomic mass is 10.1. The highest BCUT2D eigenvalue weighted by molar-refractivity contribution is 9.10. The van der Waals surface area contributed by atoms with Crippen molar-refractivity contribution in [3.63, 3.8) is 0 Å². The van der Waals surface area contributed by atoms with Crippen LogP contribution in [0.15, 0.2) is 53.0 Å². The third kappa shape index (κ3) is 4.36. The first kappa shape index (κ1) is 17.1. The highest BCUT2D eigenvalue weighted by Gasteiger charge is 2.09. The summed E-state index contributed by atoms with van der Waals surface area (Å²) in [4.78, 5) is 12.2. The van der Waals surface area contributed by atoms with Gasteiger partial charge in [-0.05, 0) is 52.7 Å². The van der Waals surface area contributed by atoms with Crippen molar-refractivity contribution in [3.8, 4) is 11.5 Å². The van der Waals surface area contributed by atoms with Crippen LogP contribution in [0, 0.1) is 0 Å². The first-order valence-electron chi connectivity index (χ1n) is 7.01. The molecule has 2 aromatic carbocycles. The molecule has 1 amide bonds. The molecule has 120 valence electrons. The first-order chi connectivity index (χ1) is 11.0. The number of rotatable bonds is 5. The van der Waals surface area contributed by atoms with Crippen LogP contribution in [-0.4, -0.2) is 20.1 Å². The van der Waals surface area contributed by atoms with Crippen LogP contribution in [-0.2, 0) is 4.79 Å². The number of allylic oxidation sites excluding steroid dienone is 1. The topological polar surface area (TPSA) is 47.6 Å². The van der Waals surface area contributed by atoms with Gasteiger partial charge in [-0.2, -0.15) is 0 Å². The Morgan fingerprint density at radius 2 is 1.87 bits per heavy atom. The summed E-state index contributed by atoms with van der Waals surface area (Å²) in [6, 6.07) is 13.0. The van der Waals surface area contributed by atoms with Crippen molar-refractivity contribution in [2.75, 3.05) is 19.5 Å². The number of halogens is 1. The van der Waals surface area contributed by atoms with Gasteiger partial charge in [-0.1, -0.05) is 12.1 Å². The maximum atomic E-state index is 12.2. The molecule has 0 aliphatic rings. The number of carbonyl (C=O) groups excluding carboxylic acids is 1. The van der Waals surface area contributed by atoms with Crippen molar-refractivity contribution in [2.45, 2.75) is 6.92 Å². The van der Waals surface area contributed by atoms with Gasteiger partial charge in [0.25, 0.3) is 0 Å². The van der Waals surface area contributed by atoms with E-state index in [-0.39, 0.29) is 5.91 Å². The van der Waals surface area contributed by atoms with E-state index in [2.05, 4.69) is 21.2 Å². The zero-order valence-electron chi connectivity index (χ0n) is 13.2. The zero-order chi connectivity index (χ0) is 16.8. The predicted octanol–water partition coefficient (Wildman–Crippen LogP) is 4.51. The lowest BCUT2D eigenvalue weighted by Crippen LogP contribution is -2.09. The van der Waals surface area contributed by atoms with E-state index in [4.69, 9.17) is 9.47 Å². The molecule has 0 radical (unpaired) electrons. The second kappa shape index (κ2) is 7.83. The van der Waals surface area contributed by atoms with E-state index in [0.29, 0.717) is 11.5 Å². The standard InChI is InChI=1S/C18H18BrNO3/c1-12(14-9-8-13(22-2)11-17(14)23-3)10-18(21)20-16-7-5-4-6-15(16)19/h4-11H,1-3H3,(H,20,21)/b12-10+. The van der Waals surface area contributed by atoms with E-state index in [1.54, 1.807) is 26.4 Å². The quantitative estimate of drug-likeness (QED) is 0.782. The number of hydrogen-bond donors (Lipinski definition) is 1. The molecule has 0 aliphatic carbocycles. The Balaban J connectivity index is 2.22. The fourth-order valence-electron chi connectivity index (χ4n) is 2.13. The maximum absolute atomic E-state index is 12.2. The van der Waals surface area contributed by atoms with Gasteiger partial charge >= 0.3 is 0 Å². The third-order valence-electron chi connectivity index (χ3n) is 3.31. The van der Waals surface area contributed by atoms with Crippen molar-refractivity contribution in [3.05, 3.63) is 58.6 Å². The summed E-state index contributed by atoms with van der Waals surface area (Å²) in [5.74, 6) is 1.16. The lowest BCUT2D eigenvalue weighted by Gasteiger charge is -2.11. The van der Waals surface area contributed by atoms with Crippen molar-refractivity contribution in [1.29, 1.82) is 0 Å². The van der Waals surface area contributed by atoms with Crippen molar-refractivity contribution >= 4 is 33.1 Å². The van der Waals surface area contributed by atoms with E-state index in [9.17, 15) is 4.79 Å². The van der Waals surface area contributed by atoms with Gasteiger partial charge in [0.15, 0.2) is 0 Å². The Morgan fingerprint density at radius 1 is 1.13 bits per heavy atom. The van der Waals surface area contributed by atoms with Crippen LogP contribution >= 0.6 is 15.9 Å². The summed E-state index contributed by atoms with van der Waals surface area (Å²) in [5.41, 5.74) is 2.37. The summed E-state index contributed by atoms with van der Waals surface area (Å²) < 4.78 is 11.4. The Morgan fingerprint density at radius 3 is 2.52 bits per heavy atom. The third-order valence-corrected chi connectivity index (χ3v) is 4.00. The molecule has 0 saturated carbocycles. The highest BCUT2D eigenvalue weighted by Crippen LogP contribution is 2.30. The van der Waals surface area contributed by atoms with E-state index >= 15 is 0 Å². The molecule has 0 spiro atoms. The fraction of sp³-hybridized carbons (Fsp3) is 0.167. The number of para-hydroxylation sites is 1. The van der Waals surface area contributed by atoms with E-state index in [1.165, 1.54) is 0 Å². The zero-order valence-corrected chi connectivity index (χ0v) is 14.8. The molecular weight excluding hydrogens is 358 g/mol. The molecule has 0 bridgehead atoms. The van der Waals surface area contributed by atoms with E-state index in [1.807, 2.05) is 43.3 Å². The summed E-state index contributed by atoms with van der Waals surface area (Å²) in [6.07, 6.45) is 1.55. The molecule has 0 atom stereocenters. The molecule has 1 N–H and O–H groups in total. The number of hydrogen-bond acceptors (Lipinski definition) is 3. The monoisotopic (exact) mass is 375 g/mol. The van der Waals surface area contributed by atoms with Crippen LogP contribution in [0.3, 0.4) is 0 Å². The molecule has 4 nitrogen and oxygen atoms in total. The maximum Gasteiger partial charge on any atom is 0.248 e. The predicted molar refractivity (Wildman–Crippen MR) is 96.0 cm³/mol. The Bertz CT molecular complexity index is 741. The van der Waals surface area contributed by atoms with Crippen LogP contribution in [0.4, 0.5) is 5.69 Å². The van der Waals surface area contributed by atoms with Gasteiger partial charge in [-0.15, -0.1) is 0 Å². The number of carbonyl (C=O) groups is 1. The van der Waals surface area contributed by atoms with E-state index < -0.39 is 0 Å². The fourth-order valence-corrected chi connectivity index (χ4v) is 2.51. The minimum Gasteiger partial charge on any atom is -0.497 e. The number of methoxy groups -OCH3 is 2. The Labute approximate surface area is 144 Å². The molecule has 0 aromatic heterocycles. The van der Waals surface area contributed by atoms with Gasteiger partial charge in [-0.3, -0.25) is 4.79 Å². The molecule has 0 heterocycles. The van der Waals surface area contributed by atoms with Crippen LogP contribution in [0.1, 0.15) is 12.5 Å². The summed E-state index contributed by atoms with van der Waals surface area (Å²) in [6.45, 7) is 1.87. The molecule has 0 aliphatic heterocycles. The second-order valence-electron chi connectivity index (χ2n) is 4.86. The van der Waals surface area contributed by atoms with E-state index in [0.717, 1.165) is 21.3 Å². The minimum atomic E-state index is -0.202. The molecule has 5 heteroatoms. The number of benzene rings is 2. The SMILES string of the molecule is COc1ccc(/C(C)=C/C(=O)Nc2ccccc2Br)c(OC)c1. The molecule has 0 saturated heterocycles. The first-order valence-corrected chi connectivity index (χ1v) is 7.80. The van der Waals surface area contributed by atoms with Crippen molar-refractivity contribution in [2.24, 2.45) is 0 Å². The van der Waals surface area contributed by atoms with Crippen LogP contribution in [0.25, 0.3) is 5.57 Å². The molecule has 2 aromatic rings. The van der Waals surface area contributed by atoms with Gasteiger partial charge in [0.05, 0.1) is 19.9 Å². The Hall–Kier alpha value is -2.27. The summed E-state index contributed by atoms with van der Waals surface area (Å²) in [7, 11) is 3.19. The largest absolute Gasteiger partial charge is 0.497 e. The normalized spacial score (nSPS) is 11.0. The van der Waals surface area contributed by atoms with Crippen molar-refractivity contribution < 1.29 is 14.3 Å². The van der Waals surface area contributed by atoms with Crippen LogP contribution in [0.5, 0.6) is 11.5 Å². The van der Waals surface area contributed by atoms with Crippen molar-refractivity contribution in [1.82, 2.24) is 0 Å². The smallest absolute Gasteiger partial charge is 0.248 e. The second-order valence-corrected chi connectivity index (χ2v) is 5.72. The van der Waals surface area contributed by atoms with Gasteiger partial charge in [0.2, 0.25) is 5.91 Å². The molecule has 0 unspecified atom stereocenters. The summed E-state index contributed by atoms with van der Waals surface area (Å²) >= 11 is 3.41. The number of ether oxygens (including phenoxy) is 2. The highest BCUT2D eigenvalue weighted by atomic mass is 79.9. The lowest BCUT2D eigenvalue weighted by molar-refractivity contribution is -0.111. The molecule has 2 rings (SSSR count). The molecule has 23 heavy (non-hydrogen) atoms. The number of nitrogens with one attached hydrogen (secondary N) is 1. The number of amides is 1. The molecular formula is C18H18BrNO3. The van der Waals surface area contributed by atoms with Gasteiger partial charge in [0, 0.05) is 22.2 Å². The minimum absolute atomic E-state index is 0.202. The van der Waals surface area contributed by atoms with Crippen LogP contribution < -0.4 is 14.8 Å². The average Bonchev–Trinajstić information content (AvgIpc) is 2.56. The Kier molecular flexibility index (Phi) is 5.82.